The van der Waals surface area contributed by atoms with Crippen LogP contribution in [0, 0.1) is 0 Å². The van der Waals surface area contributed by atoms with Crippen molar-refractivity contribution in [3.05, 3.63) is 29.8 Å². The summed E-state index contributed by atoms with van der Waals surface area (Å²) in [5, 5.41) is 5.93. The average molecular weight is 250 g/mol. The zero-order valence-corrected chi connectivity index (χ0v) is 11.2. The van der Waals surface area contributed by atoms with Gasteiger partial charge in [0.25, 0.3) is 0 Å². The van der Waals surface area contributed by atoms with Crippen LogP contribution in [-0.4, -0.2) is 26.1 Å². The second kappa shape index (κ2) is 8.53. The van der Waals surface area contributed by atoms with Gasteiger partial charge in [-0.3, -0.25) is 4.79 Å². The normalized spacial score (nSPS) is 10.1. The third kappa shape index (κ3) is 5.19. The van der Waals surface area contributed by atoms with Crippen molar-refractivity contribution in [1.82, 2.24) is 10.6 Å². The maximum Gasteiger partial charge on any atom is 0.220 e. The van der Waals surface area contributed by atoms with E-state index in [0.29, 0.717) is 19.6 Å². The fraction of sp³-hybridized carbons (Fsp3) is 0.500. The molecule has 4 heteroatoms. The number of hydrogen-bond donors (Lipinski definition) is 2. The Morgan fingerprint density at radius 3 is 2.83 bits per heavy atom. The molecule has 100 valence electrons. The van der Waals surface area contributed by atoms with Crippen molar-refractivity contribution in [1.29, 1.82) is 0 Å². The van der Waals surface area contributed by atoms with E-state index in [9.17, 15) is 4.79 Å². The third-order valence-corrected chi connectivity index (χ3v) is 2.58. The van der Waals surface area contributed by atoms with Gasteiger partial charge in [-0.2, -0.15) is 0 Å². The molecule has 0 saturated heterocycles. The largest absolute Gasteiger partial charge is 0.494 e. The van der Waals surface area contributed by atoms with E-state index in [0.717, 1.165) is 24.3 Å². The molecule has 0 heterocycles. The molecule has 0 bridgehead atoms. The zero-order valence-electron chi connectivity index (χ0n) is 11.2. The molecular formula is C14H22N2O2. The summed E-state index contributed by atoms with van der Waals surface area (Å²) in [5.74, 6) is 0.923. The van der Waals surface area contributed by atoms with Crippen LogP contribution in [-0.2, 0) is 11.3 Å². The van der Waals surface area contributed by atoms with Crippen LogP contribution in [0.1, 0.15) is 25.3 Å². The number of nitrogens with one attached hydrogen (secondary N) is 2. The summed E-state index contributed by atoms with van der Waals surface area (Å²) in [6.45, 7) is 3.97. The van der Waals surface area contributed by atoms with E-state index in [1.165, 1.54) is 0 Å². The van der Waals surface area contributed by atoms with Gasteiger partial charge in [0.15, 0.2) is 0 Å². The third-order valence-electron chi connectivity index (χ3n) is 2.58. The predicted octanol–water partition coefficient (Wildman–Crippen LogP) is 1.70. The van der Waals surface area contributed by atoms with E-state index in [4.69, 9.17) is 4.74 Å². The van der Waals surface area contributed by atoms with Crippen LogP contribution in [0.25, 0.3) is 0 Å². The van der Waals surface area contributed by atoms with Crippen LogP contribution in [0.5, 0.6) is 5.75 Å². The van der Waals surface area contributed by atoms with E-state index < -0.39 is 0 Å². The Kier molecular flexibility index (Phi) is 6.87. The van der Waals surface area contributed by atoms with Crippen LogP contribution in [0.2, 0.25) is 0 Å². The van der Waals surface area contributed by atoms with Crippen LogP contribution < -0.4 is 15.4 Å². The number of carbonyl (C=O) groups excluding carboxylic acids is 1. The van der Waals surface area contributed by atoms with Gasteiger partial charge in [0.05, 0.1) is 6.61 Å². The van der Waals surface area contributed by atoms with Gasteiger partial charge in [-0.25, -0.2) is 0 Å². The Morgan fingerprint density at radius 1 is 1.33 bits per heavy atom. The maximum atomic E-state index is 11.6. The number of rotatable bonds is 8. The molecule has 1 rings (SSSR count). The number of carbonyl (C=O) groups is 1. The van der Waals surface area contributed by atoms with Gasteiger partial charge in [-0.15, -0.1) is 0 Å². The summed E-state index contributed by atoms with van der Waals surface area (Å²) >= 11 is 0. The molecule has 0 fully saturated rings. The summed E-state index contributed by atoms with van der Waals surface area (Å²) in [5.41, 5.74) is 1.02. The highest BCUT2D eigenvalue weighted by molar-refractivity contribution is 5.75. The molecular weight excluding hydrogens is 228 g/mol. The van der Waals surface area contributed by atoms with Crippen molar-refractivity contribution in [2.45, 2.75) is 26.3 Å². The second-order valence-electron chi connectivity index (χ2n) is 4.02. The predicted molar refractivity (Wildman–Crippen MR) is 72.6 cm³/mol. The van der Waals surface area contributed by atoms with E-state index in [-0.39, 0.29) is 5.91 Å². The molecule has 0 aliphatic heterocycles. The molecule has 1 aromatic carbocycles. The first-order valence-electron chi connectivity index (χ1n) is 6.40. The highest BCUT2D eigenvalue weighted by Gasteiger charge is 2.04. The Bertz CT molecular complexity index is 367. The monoisotopic (exact) mass is 250 g/mol. The molecule has 0 unspecified atom stereocenters. The lowest BCUT2D eigenvalue weighted by atomic mass is 10.2. The molecule has 0 aromatic heterocycles. The first-order chi connectivity index (χ1) is 8.77. The van der Waals surface area contributed by atoms with Crippen LogP contribution >= 0.6 is 0 Å². The standard InChI is InChI=1S/C14H22N2O2/c1-3-18-13-8-5-4-7-12(13)11-16-14(17)9-6-10-15-2/h4-5,7-8,15H,3,6,9-11H2,1-2H3,(H,16,17). The van der Waals surface area contributed by atoms with Crippen molar-refractivity contribution in [2.24, 2.45) is 0 Å². The quantitative estimate of drug-likeness (QED) is 0.690. The Labute approximate surface area is 109 Å². The second-order valence-corrected chi connectivity index (χ2v) is 4.02. The van der Waals surface area contributed by atoms with E-state index in [1.807, 2.05) is 38.2 Å². The lowest BCUT2D eigenvalue weighted by Crippen LogP contribution is -2.24. The molecule has 0 spiro atoms. The lowest BCUT2D eigenvalue weighted by molar-refractivity contribution is -0.121. The van der Waals surface area contributed by atoms with Gasteiger partial charge in [0.1, 0.15) is 5.75 Å². The number of ether oxygens (including phenoxy) is 1. The van der Waals surface area contributed by atoms with Crippen molar-refractivity contribution >= 4 is 5.91 Å². The molecule has 1 aromatic rings. The van der Waals surface area contributed by atoms with Crippen molar-refractivity contribution in [3.63, 3.8) is 0 Å². The fourth-order valence-corrected chi connectivity index (χ4v) is 1.65. The number of para-hydroxylation sites is 1. The summed E-state index contributed by atoms with van der Waals surface area (Å²) in [6.07, 6.45) is 1.41. The molecule has 1 amide bonds. The summed E-state index contributed by atoms with van der Waals surface area (Å²) in [6, 6.07) is 7.78. The van der Waals surface area contributed by atoms with Crippen LogP contribution in [0.4, 0.5) is 0 Å². The summed E-state index contributed by atoms with van der Waals surface area (Å²) < 4.78 is 5.51. The molecule has 0 aliphatic carbocycles. The van der Waals surface area contributed by atoms with Gasteiger partial charge < -0.3 is 15.4 Å². The summed E-state index contributed by atoms with van der Waals surface area (Å²) in [7, 11) is 1.89. The van der Waals surface area contributed by atoms with Gasteiger partial charge in [-0.05, 0) is 33.0 Å². The molecule has 4 nitrogen and oxygen atoms in total. The minimum Gasteiger partial charge on any atom is -0.494 e. The summed E-state index contributed by atoms with van der Waals surface area (Å²) in [4.78, 5) is 11.6. The first kappa shape index (κ1) is 14.5. The van der Waals surface area contributed by atoms with Crippen molar-refractivity contribution < 1.29 is 9.53 Å². The molecule has 2 N–H and O–H groups in total. The van der Waals surface area contributed by atoms with E-state index in [1.54, 1.807) is 0 Å². The Morgan fingerprint density at radius 2 is 2.11 bits per heavy atom. The SMILES string of the molecule is CCOc1ccccc1CNC(=O)CCCNC. The molecule has 0 saturated carbocycles. The number of hydrogen-bond acceptors (Lipinski definition) is 3. The smallest absolute Gasteiger partial charge is 0.220 e. The highest BCUT2D eigenvalue weighted by Crippen LogP contribution is 2.17. The van der Waals surface area contributed by atoms with Gasteiger partial charge in [-0.1, -0.05) is 18.2 Å². The number of amides is 1. The molecule has 0 aliphatic rings. The maximum absolute atomic E-state index is 11.6. The van der Waals surface area contributed by atoms with Crippen LogP contribution in [0.15, 0.2) is 24.3 Å². The minimum atomic E-state index is 0.0801. The van der Waals surface area contributed by atoms with Crippen molar-refractivity contribution in [2.75, 3.05) is 20.2 Å². The molecule has 18 heavy (non-hydrogen) atoms. The van der Waals surface area contributed by atoms with Crippen molar-refractivity contribution in [3.8, 4) is 5.75 Å². The average Bonchev–Trinajstić information content (AvgIpc) is 2.38. The fourth-order valence-electron chi connectivity index (χ4n) is 1.65. The van der Waals surface area contributed by atoms with Gasteiger partial charge >= 0.3 is 0 Å². The Balaban J connectivity index is 2.40. The number of benzene rings is 1. The van der Waals surface area contributed by atoms with E-state index in [2.05, 4.69) is 10.6 Å². The minimum absolute atomic E-state index is 0.0801. The van der Waals surface area contributed by atoms with Gasteiger partial charge in [0, 0.05) is 18.5 Å². The lowest BCUT2D eigenvalue weighted by Gasteiger charge is -2.10. The highest BCUT2D eigenvalue weighted by atomic mass is 16.5. The van der Waals surface area contributed by atoms with Gasteiger partial charge in [0.2, 0.25) is 5.91 Å². The van der Waals surface area contributed by atoms with E-state index >= 15 is 0 Å². The topological polar surface area (TPSA) is 50.4 Å². The Hall–Kier alpha value is -1.55. The first-order valence-corrected chi connectivity index (χ1v) is 6.40. The molecule has 0 atom stereocenters. The zero-order chi connectivity index (χ0) is 13.2. The molecule has 0 radical (unpaired) electrons. The van der Waals surface area contributed by atoms with Crippen LogP contribution in [0.3, 0.4) is 0 Å².